The van der Waals surface area contributed by atoms with Gasteiger partial charge in [-0.05, 0) is 61.0 Å². The van der Waals surface area contributed by atoms with Gasteiger partial charge >= 0.3 is 12.1 Å². The number of nitrogens with zero attached hydrogens (tertiary/aromatic N) is 3. The maximum absolute atomic E-state index is 13.6. The smallest absolute Gasteiger partial charge is 0.452 e. The molecule has 0 spiro atoms. The van der Waals surface area contributed by atoms with Crippen molar-refractivity contribution < 1.29 is 47.6 Å². The van der Waals surface area contributed by atoms with Crippen LogP contribution in [0, 0.1) is 5.92 Å². The first-order chi connectivity index (χ1) is 19.5. The molecule has 4 fully saturated rings. The van der Waals surface area contributed by atoms with Gasteiger partial charge in [0.1, 0.15) is 35.9 Å². The molecule has 0 bridgehead atoms. The first-order valence-electron chi connectivity index (χ1n) is 14.1. The number of rotatable bonds is 5. The van der Waals surface area contributed by atoms with Crippen LogP contribution < -0.4 is 0 Å². The monoisotopic (exact) mass is 591 g/mol. The number of methoxy groups -OCH3 is 1. The van der Waals surface area contributed by atoms with Gasteiger partial charge < -0.3 is 33.2 Å². The van der Waals surface area contributed by atoms with Crippen LogP contribution in [0.4, 0.5) is 4.79 Å². The lowest BCUT2D eigenvalue weighted by Crippen LogP contribution is -2.62. The van der Waals surface area contributed by atoms with Gasteiger partial charge in [-0.25, -0.2) is 4.79 Å². The van der Waals surface area contributed by atoms with Crippen LogP contribution >= 0.6 is 0 Å². The topological polar surface area (TPSA) is 136 Å². The van der Waals surface area contributed by atoms with Crippen LogP contribution in [0.2, 0.25) is 0 Å². The van der Waals surface area contributed by atoms with Crippen molar-refractivity contribution in [3.05, 3.63) is 35.9 Å². The van der Waals surface area contributed by atoms with E-state index in [9.17, 15) is 9.59 Å². The van der Waals surface area contributed by atoms with E-state index in [1.165, 1.54) is 7.11 Å². The number of hydrogen-bond donors (Lipinski definition) is 0. The summed E-state index contributed by atoms with van der Waals surface area (Å²) in [6, 6.07) is 8.74. The highest BCUT2D eigenvalue weighted by Gasteiger charge is 2.67. The molecule has 4 heterocycles. The Bertz CT molecular complexity index is 1200. The molecule has 8 atom stereocenters. The maximum atomic E-state index is 13.6. The number of amides is 1. The Morgan fingerprint density at radius 2 is 1.50 bits per heavy atom. The Hall–Kier alpha value is -2.52. The van der Waals surface area contributed by atoms with Gasteiger partial charge in [-0.1, -0.05) is 35.4 Å². The average Bonchev–Trinajstić information content (AvgIpc) is 3.48. The van der Waals surface area contributed by atoms with Gasteiger partial charge in [0.15, 0.2) is 17.9 Å². The van der Waals surface area contributed by atoms with E-state index >= 15 is 0 Å². The van der Waals surface area contributed by atoms with E-state index in [2.05, 4.69) is 10.2 Å². The third-order valence-electron chi connectivity index (χ3n) is 7.44. The lowest BCUT2D eigenvalue weighted by atomic mass is 9.83. The van der Waals surface area contributed by atoms with Gasteiger partial charge in [0, 0.05) is 6.54 Å². The molecule has 0 N–H and O–H groups in total. The number of ether oxygens (including phenoxy) is 7. The summed E-state index contributed by atoms with van der Waals surface area (Å²) in [6.07, 6.45) is -4.38. The fraction of sp³-hybridized carbons (Fsp3) is 0.724. The van der Waals surface area contributed by atoms with E-state index in [-0.39, 0.29) is 6.54 Å². The highest BCUT2D eigenvalue weighted by molar-refractivity contribution is 5.75. The number of benzene rings is 1. The lowest BCUT2D eigenvalue weighted by molar-refractivity contribution is -0.270. The minimum atomic E-state index is -1.67. The minimum Gasteiger partial charge on any atom is -0.469 e. The third-order valence-corrected chi connectivity index (χ3v) is 7.44. The Balaban J connectivity index is 1.56. The van der Waals surface area contributed by atoms with Gasteiger partial charge in [-0.15, -0.1) is 5.11 Å². The zero-order valence-electron chi connectivity index (χ0n) is 25.6. The van der Waals surface area contributed by atoms with E-state index < -0.39 is 77.6 Å². The van der Waals surface area contributed by atoms with Gasteiger partial charge in [-0.3, -0.25) is 9.63 Å². The standard InChI is InChI=1S/C29H41N3O10/c1-26(2,3)41-25(34)30-31-29(8)17(23(33)35-9)18(32(42-29)15-16-13-11-10-12-14-16)19-20-21(38-27(4,5)37-20)22-24(36-19)40-28(6,7)39-22/h10-14,17-22,24H,15H2,1-9H3/b31-30+/t17-,18?,19?,20+,21+,22-,24-,29+/m1/s1. The molecule has 2 unspecified atom stereocenters. The molecule has 4 saturated heterocycles. The molecule has 42 heavy (non-hydrogen) atoms. The first kappa shape index (κ1) is 30.9. The lowest BCUT2D eigenvalue weighted by Gasteiger charge is -2.42. The van der Waals surface area contributed by atoms with Gasteiger partial charge in [0.25, 0.3) is 0 Å². The van der Waals surface area contributed by atoms with Gasteiger partial charge in [-0.2, -0.15) is 5.06 Å². The zero-order valence-corrected chi connectivity index (χ0v) is 25.6. The van der Waals surface area contributed by atoms with Crippen LogP contribution in [0.1, 0.15) is 61.0 Å². The van der Waals surface area contributed by atoms with Gasteiger partial charge in [0.2, 0.25) is 5.72 Å². The fourth-order valence-corrected chi connectivity index (χ4v) is 6.00. The molecule has 1 amide bonds. The van der Waals surface area contributed by atoms with Crippen molar-refractivity contribution >= 4 is 12.1 Å². The molecule has 0 radical (unpaired) electrons. The van der Waals surface area contributed by atoms with E-state index in [0.717, 1.165) is 5.56 Å². The van der Waals surface area contributed by atoms with Crippen molar-refractivity contribution in [1.82, 2.24) is 5.06 Å². The van der Waals surface area contributed by atoms with Crippen LogP contribution in [-0.2, 0) is 49.3 Å². The Morgan fingerprint density at radius 3 is 2.12 bits per heavy atom. The van der Waals surface area contributed by atoms with Crippen molar-refractivity contribution in [3.8, 4) is 0 Å². The number of esters is 1. The van der Waals surface area contributed by atoms with Crippen molar-refractivity contribution in [2.75, 3.05) is 7.11 Å². The quantitative estimate of drug-likeness (QED) is 0.362. The summed E-state index contributed by atoms with van der Waals surface area (Å²) < 4.78 is 42.1. The number of fused-ring (bicyclic) bond motifs is 3. The van der Waals surface area contributed by atoms with Crippen molar-refractivity contribution in [2.45, 2.75) is 122 Å². The number of carbonyl (C=O) groups excluding carboxylic acids is 2. The zero-order chi connectivity index (χ0) is 30.7. The van der Waals surface area contributed by atoms with Gasteiger partial charge in [0.05, 0.1) is 13.2 Å². The van der Waals surface area contributed by atoms with Crippen LogP contribution in [0.15, 0.2) is 40.6 Å². The summed E-state index contributed by atoms with van der Waals surface area (Å²) in [5.41, 5.74) is -1.56. The number of hydroxylamine groups is 2. The molecule has 13 nitrogen and oxygen atoms in total. The molecular formula is C29H41N3O10. The van der Waals surface area contributed by atoms with Crippen LogP contribution in [0.25, 0.3) is 0 Å². The second kappa shape index (κ2) is 10.9. The molecule has 4 aliphatic rings. The second-order valence-electron chi connectivity index (χ2n) is 13.0. The Kier molecular flexibility index (Phi) is 8.01. The number of hydrogen-bond acceptors (Lipinski definition) is 12. The molecular weight excluding hydrogens is 550 g/mol. The van der Waals surface area contributed by atoms with E-state index in [1.54, 1.807) is 46.6 Å². The van der Waals surface area contributed by atoms with E-state index in [1.807, 2.05) is 44.2 Å². The molecule has 232 valence electrons. The van der Waals surface area contributed by atoms with Crippen molar-refractivity contribution in [3.63, 3.8) is 0 Å². The van der Waals surface area contributed by atoms with Crippen LogP contribution in [-0.4, -0.2) is 83.9 Å². The molecule has 1 aromatic carbocycles. The van der Waals surface area contributed by atoms with Crippen molar-refractivity contribution in [2.24, 2.45) is 16.1 Å². The highest BCUT2D eigenvalue weighted by atomic mass is 16.9. The molecule has 0 aromatic heterocycles. The van der Waals surface area contributed by atoms with Crippen LogP contribution in [0.3, 0.4) is 0 Å². The summed E-state index contributed by atoms with van der Waals surface area (Å²) >= 11 is 0. The van der Waals surface area contributed by atoms with Crippen molar-refractivity contribution in [1.29, 1.82) is 0 Å². The second-order valence-corrected chi connectivity index (χ2v) is 13.0. The summed E-state index contributed by atoms with van der Waals surface area (Å²) in [4.78, 5) is 32.5. The Morgan fingerprint density at radius 1 is 0.905 bits per heavy atom. The summed E-state index contributed by atoms with van der Waals surface area (Å²) in [7, 11) is 1.28. The highest BCUT2D eigenvalue weighted by Crippen LogP contribution is 2.50. The van der Waals surface area contributed by atoms with Crippen LogP contribution in [0.5, 0.6) is 0 Å². The summed E-state index contributed by atoms with van der Waals surface area (Å²) in [5, 5.41) is 9.62. The SMILES string of the molecule is COC(=O)[C@H]1C(C2O[C@@H]3OC(C)(C)O[C@@H]3[C@H]3OC(C)(C)O[C@@H]23)N(Cc2ccccc2)O[C@]1(C)/N=N/C(=O)OC(C)(C)C. The fourth-order valence-electron chi connectivity index (χ4n) is 6.00. The molecule has 0 saturated carbocycles. The molecule has 5 rings (SSSR count). The number of carbonyl (C=O) groups is 2. The molecule has 1 aromatic rings. The predicted molar refractivity (Wildman–Crippen MR) is 144 cm³/mol. The first-order valence-corrected chi connectivity index (χ1v) is 14.1. The minimum absolute atomic E-state index is 0.245. The summed E-state index contributed by atoms with van der Waals surface area (Å²) in [6.45, 7) is 14.2. The molecule has 0 aliphatic carbocycles. The summed E-state index contributed by atoms with van der Waals surface area (Å²) in [5.74, 6) is -3.64. The Labute approximate surface area is 245 Å². The normalized spacial score (nSPS) is 37.4. The maximum Gasteiger partial charge on any atom is 0.452 e. The predicted octanol–water partition coefficient (Wildman–Crippen LogP) is 4.09. The van der Waals surface area contributed by atoms with E-state index in [4.69, 9.17) is 38.0 Å². The molecule has 13 heteroatoms. The number of azo groups is 1. The average molecular weight is 592 g/mol. The van der Waals surface area contributed by atoms with E-state index in [0.29, 0.717) is 0 Å². The largest absolute Gasteiger partial charge is 0.469 e. The third kappa shape index (κ3) is 6.23. The molecule has 4 aliphatic heterocycles.